The van der Waals surface area contributed by atoms with Crippen molar-refractivity contribution in [3.05, 3.63) is 35.9 Å². The second-order valence-electron chi connectivity index (χ2n) is 9.63. The fourth-order valence-corrected chi connectivity index (χ4v) is 4.05. The number of hydroxylamine groups is 2. The van der Waals surface area contributed by atoms with Gasteiger partial charge >= 0.3 is 5.97 Å². The Bertz CT molecular complexity index is 672. The van der Waals surface area contributed by atoms with Crippen LogP contribution in [0.4, 0.5) is 0 Å². The van der Waals surface area contributed by atoms with Crippen LogP contribution in [0.2, 0.25) is 18.1 Å². The summed E-state index contributed by atoms with van der Waals surface area (Å²) in [7, 11) is -0.747. The molecule has 0 N–H and O–H groups in total. The molecule has 1 aliphatic rings. The van der Waals surface area contributed by atoms with Crippen molar-refractivity contribution in [1.29, 1.82) is 0 Å². The molecule has 1 heterocycles. The highest BCUT2D eigenvalue weighted by Crippen LogP contribution is 2.39. The molecule has 1 saturated heterocycles. The number of carbonyl (C=O) groups is 1. The zero-order chi connectivity index (χ0) is 21.9. The van der Waals surface area contributed by atoms with Crippen molar-refractivity contribution in [3.8, 4) is 0 Å². The van der Waals surface area contributed by atoms with Gasteiger partial charge in [0.15, 0.2) is 5.79 Å². The Morgan fingerprint density at radius 1 is 1.28 bits per heavy atom. The minimum absolute atomic E-state index is 0.0179. The summed E-state index contributed by atoms with van der Waals surface area (Å²) >= 11 is 0. The maximum Gasteiger partial charge on any atom is 0.307 e. The van der Waals surface area contributed by atoms with Crippen molar-refractivity contribution < 1.29 is 23.5 Å². The molecule has 0 aromatic heterocycles. The lowest BCUT2D eigenvalue weighted by Gasteiger charge is -2.43. The molecule has 0 radical (unpaired) electrons. The van der Waals surface area contributed by atoms with Crippen molar-refractivity contribution in [2.45, 2.75) is 83.6 Å². The van der Waals surface area contributed by atoms with Gasteiger partial charge in [-0.2, -0.15) is 5.06 Å². The molecule has 0 saturated carbocycles. The minimum Gasteiger partial charge on any atom is -0.469 e. The van der Waals surface area contributed by atoms with Crippen LogP contribution < -0.4 is 0 Å². The molecule has 7 heteroatoms. The van der Waals surface area contributed by atoms with Gasteiger partial charge in [0.05, 0.1) is 26.2 Å². The first-order valence-electron chi connectivity index (χ1n) is 10.2. The predicted octanol–water partition coefficient (Wildman–Crippen LogP) is 4.51. The summed E-state index contributed by atoms with van der Waals surface area (Å²) in [5, 5.41) is 1.96. The quantitative estimate of drug-likeness (QED) is 0.348. The van der Waals surface area contributed by atoms with E-state index in [0.717, 1.165) is 5.56 Å². The second kappa shape index (κ2) is 9.26. The lowest BCUT2D eigenvalue weighted by molar-refractivity contribution is -0.186. The van der Waals surface area contributed by atoms with E-state index in [1.807, 2.05) is 37.1 Å². The van der Waals surface area contributed by atoms with Gasteiger partial charge in [-0.25, -0.2) is 0 Å². The summed E-state index contributed by atoms with van der Waals surface area (Å²) in [5.74, 6) is -0.978. The van der Waals surface area contributed by atoms with Crippen LogP contribution in [-0.4, -0.2) is 51.0 Å². The lowest BCUT2D eigenvalue weighted by Crippen LogP contribution is -2.53. The van der Waals surface area contributed by atoms with E-state index in [0.29, 0.717) is 13.2 Å². The van der Waals surface area contributed by atoms with Crippen LogP contribution in [-0.2, 0) is 30.1 Å². The van der Waals surface area contributed by atoms with Crippen molar-refractivity contribution >= 4 is 14.3 Å². The van der Waals surface area contributed by atoms with E-state index in [-0.39, 0.29) is 29.6 Å². The molecular formula is C22H37NO5Si. The average molecular weight is 424 g/mol. The number of esters is 1. The number of hydrogen-bond donors (Lipinski definition) is 0. The van der Waals surface area contributed by atoms with Crippen LogP contribution in [0, 0.1) is 0 Å². The third-order valence-corrected chi connectivity index (χ3v) is 10.1. The third-order valence-electron chi connectivity index (χ3n) is 5.77. The highest BCUT2D eigenvalue weighted by Gasteiger charge is 2.45. The number of nitrogens with zero attached hydrogens (tertiary/aromatic N) is 1. The topological polar surface area (TPSA) is 57.2 Å². The van der Waals surface area contributed by atoms with Crippen LogP contribution >= 0.6 is 0 Å². The summed E-state index contributed by atoms with van der Waals surface area (Å²) in [4.78, 5) is 12.3. The molecule has 0 spiro atoms. The molecule has 1 aromatic carbocycles. The molecule has 1 unspecified atom stereocenters. The van der Waals surface area contributed by atoms with Gasteiger partial charge in [-0.15, -0.1) is 0 Å². The highest BCUT2D eigenvalue weighted by atomic mass is 28.4. The highest BCUT2D eigenvalue weighted by molar-refractivity contribution is 6.74. The fourth-order valence-electron chi connectivity index (χ4n) is 2.99. The summed E-state index contributed by atoms with van der Waals surface area (Å²) in [6, 6.07) is 9.81. The number of rotatable bonds is 8. The Balaban J connectivity index is 2.37. The number of hydrogen-bond acceptors (Lipinski definition) is 6. The van der Waals surface area contributed by atoms with Gasteiger partial charge in [-0.05, 0) is 37.5 Å². The van der Waals surface area contributed by atoms with Crippen LogP contribution in [0.15, 0.2) is 30.3 Å². The van der Waals surface area contributed by atoms with Crippen LogP contribution in [0.3, 0.4) is 0 Å². The summed E-state index contributed by atoms with van der Waals surface area (Å²) < 4.78 is 23.6. The minimum atomic E-state index is -2.16. The molecule has 29 heavy (non-hydrogen) atoms. The number of ether oxygens (including phenoxy) is 3. The molecule has 1 aliphatic heterocycles. The number of carbonyl (C=O) groups excluding carboxylic acids is 1. The number of methoxy groups -OCH3 is 1. The van der Waals surface area contributed by atoms with Crippen molar-refractivity contribution in [2.24, 2.45) is 0 Å². The maximum atomic E-state index is 12.3. The Labute approximate surface area is 176 Å². The molecule has 0 aliphatic carbocycles. The first kappa shape index (κ1) is 24.0. The maximum absolute atomic E-state index is 12.3. The SMILES string of the molecule is COC(=O)CC([C@H]1COC(C)(C)O1)N(Cc1ccccc1)O[Si](C)(C)C(C)(C)C. The van der Waals surface area contributed by atoms with Gasteiger partial charge < -0.3 is 18.7 Å². The molecule has 1 aromatic rings. The lowest BCUT2D eigenvalue weighted by atomic mass is 10.1. The standard InChI is InChI=1S/C22H37NO5Si/c1-21(2,3)29(7,8)28-23(15-17-12-10-9-11-13-17)18(14-20(24)25-6)19-16-26-22(4,5)27-19/h9-13,18-19H,14-16H2,1-8H3/t18?,19-/m1/s1. The first-order valence-corrected chi connectivity index (χ1v) is 13.1. The number of benzene rings is 1. The van der Waals surface area contributed by atoms with Gasteiger partial charge in [0, 0.05) is 6.54 Å². The Kier molecular flexibility index (Phi) is 7.67. The summed E-state index contributed by atoms with van der Waals surface area (Å²) in [6.07, 6.45) is -0.125. The average Bonchev–Trinajstić information content (AvgIpc) is 2.98. The fraction of sp³-hybridized carbons (Fsp3) is 0.682. The van der Waals surface area contributed by atoms with E-state index >= 15 is 0 Å². The van der Waals surface area contributed by atoms with Crippen LogP contribution in [0.25, 0.3) is 0 Å². The Morgan fingerprint density at radius 3 is 2.38 bits per heavy atom. The van der Waals surface area contributed by atoms with Crippen LogP contribution in [0.1, 0.15) is 46.6 Å². The molecule has 6 nitrogen and oxygen atoms in total. The Hall–Kier alpha value is -1.25. The predicted molar refractivity (Wildman–Crippen MR) is 116 cm³/mol. The van der Waals surface area contributed by atoms with E-state index in [1.54, 1.807) is 0 Å². The van der Waals surface area contributed by atoms with E-state index < -0.39 is 14.1 Å². The summed E-state index contributed by atoms with van der Waals surface area (Å²) in [6.45, 7) is 15.7. The van der Waals surface area contributed by atoms with Gasteiger partial charge in [-0.3, -0.25) is 4.79 Å². The molecular weight excluding hydrogens is 386 g/mol. The Morgan fingerprint density at radius 2 is 1.90 bits per heavy atom. The van der Waals surface area contributed by atoms with E-state index in [9.17, 15) is 4.79 Å². The molecule has 2 atom stereocenters. The molecule has 0 bridgehead atoms. The van der Waals surface area contributed by atoms with Crippen molar-refractivity contribution in [2.75, 3.05) is 13.7 Å². The first-order chi connectivity index (χ1) is 13.3. The van der Waals surface area contributed by atoms with E-state index in [1.165, 1.54) is 7.11 Å². The normalized spacial score (nSPS) is 20.7. The van der Waals surface area contributed by atoms with E-state index in [4.69, 9.17) is 18.7 Å². The smallest absolute Gasteiger partial charge is 0.307 e. The van der Waals surface area contributed by atoms with E-state index in [2.05, 4.69) is 46.0 Å². The van der Waals surface area contributed by atoms with Crippen molar-refractivity contribution in [3.63, 3.8) is 0 Å². The molecule has 164 valence electrons. The van der Waals surface area contributed by atoms with Gasteiger partial charge in [0.1, 0.15) is 6.10 Å². The molecule has 0 amide bonds. The molecule has 2 rings (SSSR count). The molecule has 1 fully saturated rings. The largest absolute Gasteiger partial charge is 0.469 e. The second-order valence-corrected chi connectivity index (χ2v) is 14.3. The van der Waals surface area contributed by atoms with Crippen LogP contribution in [0.5, 0.6) is 0 Å². The zero-order valence-electron chi connectivity index (χ0n) is 19.2. The van der Waals surface area contributed by atoms with Gasteiger partial charge in [-0.1, -0.05) is 51.1 Å². The zero-order valence-corrected chi connectivity index (χ0v) is 20.2. The van der Waals surface area contributed by atoms with Crippen molar-refractivity contribution in [1.82, 2.24) is 5.06 Å². The van der Waals surface area contributed by atoms with Gasteiger partial charge in [0.2, 0.25) is 8.32 Å². The monoisotopic (exact) mass is 423 g/mol. The third kappa shape index (κ3) is 6.62. The van der Waals surface area contributed by atoms with Gasteiger partial charge in [0.25, 0.3) is 0 Å². The summed E-state index contributed by atoms with van der Waals surface area (Å²) in [5.41, 5.74) is 1.11.